The average Bonchev–Trinajstić information content (AvgIpc) is 3.57. The molecule has 2 heterocycles. The first-order valence-corrected chi connectivity index (χ1v) is 16.6. The summed E-state index contributed by atoms with van der Waals surface area (Å²) in [6, 6.07) is 66.2. The van der Waals surface area contributed by atoms with Gasteiger partial charge in [-0.1, -0.05) is 152 Å². The van der Waals surface area contributed by atoms with Crippen molar-refractivity contribution >= 4 is 21.9 Å². The van der Waals surface area contributed by atoms with E-state index in [1.165, 1.54) is 22.3 Å². The quantitative estimate of drug-likeness (QED) is 0.184. The van der Waals surface area contributed by atoms with E-state index in [1.807, 2.05) is 6.07 Å². The van der Waals surface area contributed by atoms with Crippen LogP contribution < -0.4 is 0 Å². The van der Waals surface area contributed by atoms with Crippen LogP contribution in [0.15, 0.2) is 192 Å². The third-order valence-electron chi connectivity index (χ3n) is 9.30. The van der Waals surface area contributed by atoms with E-state index in [4.69, 9.17) is 9.40 Å². The van der Waals surface area contributed by atoms with E-state index in [-0.39, 0.29) is 0 Å². The average molecular weight is 626 g/mol. The Labute approximate surface area is 285 Å². The first kappa shape index (κ1) is 28.7. The van der Waals surface area contributed by atoms with Crippen LogP contribution >= 0.6 is 0 Å². The number of hydrogen-bond acceptors (Lipinski definition) is 2. The molecule has 0 radical (unpaired) electrons. The minimum absolute atomic E-state index is 0.849. The van der Waals surface area contributed by atoms with Gasteiger partial charge < -0.3 is 4.42 Å². The Morgan fingerprint density at radius 2 is 0.878 bits per heavy atom. The smallest absolute Gasteiger partial charge is 0.136 e. The fourth-order valence-corrected chi connectivity index (χ4v) is 6.89. The molecule has 9 rings (SSSR count). The second-order valence-electron chi connectivity index (χ2n) is 12.3. The zero-order valence-electron chi connectivity index (χ0n) is 26.8. The number of pyridine rings is 1. The highest BCUT2D eigenvalue weighted by Crippen LogP contribution is 2.41. The highest BCUT2D eigenvalue weighted by molar-refractivity contribution is 6.13. The van der Waals surface area contributed by atoms with Gasteiger partial charge in [-0.15, -0.1) is 0 Å². The lowest BCUT2D eigenvalue weighted by atomic mass is 9.90. The first-order valence-electron chi connectivity index (χ1n) is 16.6. The van der Waals surface area contributed by atoms with Gasteiger partial charge in [0, 0.05) is 21.9 Å². The highest BCUT2D eigenvalue weighted by atomic mass is 16.3. The molecule has 9 aromatic rings. The fraction of sp³-hybridized carbons (Fsp3) is 0. The van der Waals surface area contributed by atoms with E-state index in [0.717, 1.165) is 66.7 Å². The predicted octanol–water partition coefficient (Wildman–Crippen LogP) is 13.0. The van der Waals surface area contributed by atoms with Crippen LogP contribution in [0, 0.1) is 0 Å². The molecule has 0 saturated carbocycles. The van der Waals surface area contributed by atoms with Crippen molar-refractivity contribution in [2.75, 3.05) is 0 Å². The number of hydrogen-bond donors (Lipinski definition) is 0. The Morgan fingerprint density at radius 3 is 1.57 bits per heavy atom. The fourth-order valence-electron chi connectivity index (χ4n) is 6.89. The van der Waals surface area contributed by atoms with Crippen LogP contribution in [0.5, 0.6) is 0 Å². The maximum absolute atomic E-state index is 6.48. The summed E-state index contributed by atoms with van der Waals surface area (Å²) >= 11 is 0. The Bertz CT molecular complexity index is 2510. The molecule has 0 aliphatic carbocycles. The lowest BCUT2D eigenvalue weighted by Gasteiger charge is -2.13. The maximum Gasteiger partial charge on any atom is 0.136 e. The SMILES string of the molecule is c1ccc(-c2cc(-c3ccccc3)nc(-c3cccc4oc5ccc(-c6ccc(-c7ccccc7)c(-c7ccccc7)c6)cc5c34)c2)cc1. The molecule has 230 valence electrons. The summed E-state index contributed by atoms with van der Waals surface area (Å²) < 4.78 is 6.48. The molecule has 0 aliphatic heterocycles. The van der Waals surface area contributed by atoms with Crippen molar-refractivity contribution in [3.8, 4) is 67.0 Å². The van der Waals surface area contributed by atoms with Gasteiger partial charge in [-0.05, 0) is 80.9 Å². The molecule has 2 heteroatoms. The van der Waals surface area contributed by atoms with Crippen molar-refractivity contribution in [3.05, 3.63) is 188 Å². The van der Waals surface area contributed by atoms with Crippen molar-refractivity contribution in [2.45, 2.75) is 0 Å². The number of aromatic nitrogens is 1. The van der Waals surface area contributed by atoms with E-state index < -0.39 is 0 Å². The minimum Gasteiger partial charge on any atom is -0.456 e. The second-order valence-corrected chi connectivity index (χ2v) is 12.3. The van der Waals surface area contributed by atoms with E-state index in [2.05, 4.69) is 182 Å². The van der Waals surface area contributed by atoms with Crippen LogP contribution in [-0.4, -0.2) is 4.98 Å². The number of nitrogens with zero attached hydrogens (tertiary/aromatic N) is 1. The lowest BCUT2D eigenvalue weighted by molar-refractivity contribution is 0.669. The molecule has 0 saturated heterocycles. The summed E-state index contributed by atoms with van der Waals surface area (Å²) in [6.45, 7) is 0. The largest absolute Gasteiger partial charge is 0.456 e. The van der Waals surface area contributed by atoms with Gasteiger partial charge in [0.25, 0.3) is 0 Å². The van der Waals surface area contributed by atoms with E-state index in [0.29, 0.717) is 0 Å². The minimum atomic E-state index is 0.849. The Morgan fingerprint density at radius 1 is 0.306 bits per heavy atom. The number of benzene rings is 7. The van der Waals surface area contributed by atoms with E-state index in [9.17, 15) is 0 Å². The number of rotatable bonds is 6. The molecule has 0 spiro atoms. The normalized spacial score (nSPS) is 11.3. The topological polar surface area (TPSA) is 26.0 Å². The van der Waals surface area contributed by atoms with Crippen molar-refractivity contribution < 1.29 is 4.42 Å². The van der Waals surface area contributed by atoms with Gasteiger partial charge >= 0.3 is 0 Å². The van der Waals surface area contributed by atoms with Gasteiger partial charge in [-0.2, -0.15) is 0 Å². The van der Waals surface area contributed by atoms with Crippen LogP contribution in [-0.2, 0) is 0 Å². The van der Waals surface area contributed by atoms with Crippen LogP contribution in [0.2, 0.25) is 0 Å². The third-order valence-corrected chi connectivity index (χ3v) is 9.30. The molecule has 0 unspecified atom stereocenters. The summed E-state index contributed by atoms with van der Waals surface area (Å²) in [4.78, 5) is 5.26. The van der Waals surface area contributed by atoms with Crippen molar-refractivity contribution in [1.82, 2.24) is 4.98 Å². The summed E-state index contributed by atoms with van der Waals surface area (Å²) in [5, 5.41) is 2.14. The molecular formula is C47H31NO. The van der Waals surface area contributed by atoms with Gasteiger partial charge in [0.05, 0.1) is 11.4 Å². The predicted molar refractivity (Wildman–Crippen MR) is 204 cm³/mol. The zero-order valence-corrected chi connectivity index (χ0v) is 26.8. The van der Waals surface area contributed by atoms with Crippen LogP contribution in [0.3, 0.4) is 0 Å². The summed E-state index contributed by atoms with van der Waals surface area (Å²) in [5.74, 6) is 0. The van der Waals surface area contributed by atoms with Crippen molar-refractivity contribution in [3.63, 3.8) is 0 Å². The first-order chi connectivity index (χ1) is 24.3. The lowest BCUT2D eigenvalue weighted by Crippen LogP contribution is -1.91. The van der Waals surface area contributed by atoms with Crippen LogP contribution in [0.25, 0.3) is 89.0 Å². The monoisotopic (exact) mass is 625 g/mol. The summed E-state index contributed by atoms with van der Waals surface area (Å²) in [7, 11) is 0. The number of fused-ring (bicyclic) bond motifs is 3. The van der Waals surface area contributed by atoms with Crippen molar-refractivity contribution in [1.29, 1.82) is 0 Å². The number of furan rings is 1. The molecule has 2 aromatic heterocycles. The molecule has 0 amide bonds. The van der Waals surface area contributed by atoms with E-state index >= 15 is 0 Å². The van der Waals surface area contributed by atoms with Gasteiger partial charge in [0.1, 0.15) is 11.2 Å². The molecule has 0 aliphatic rings. The van der Waals surface area contributed by atoms with Crippen molar-refractivity contribution in [2.24, 2.45) is 0 Å². The van der Waals surface area contributed by atoms with Gasteiger partial charge in [-0.3, -0.25) is 0 Å². The molecule has 2 nitrogen and oxygen atoms in total. The molecule has 7 aromatic carbocycles. The van der Waals surface area contributed by atoms with Crippen LogP contribution in [0.4, 0.5) is 0 Å². The molecule has 0 fully saturated rings. The second kappa shape index (κ2) is 12.3. The maximum atomic E-state index is 6.48. The molecular weight excluding hydrogens is 595 g/mol. The van der Waals surface area contributed by atoms with E-state index in [1.54, 1.807) is 0 Å². The molecule has 0 N–H and O–H groups in total. The Hall–Kier alpha value is -6.51. The Balaban J connectivity index is 1.23. The standard InChI is InChI=1S/C47H31NO/c1-5-14-32(15-6-1)38-30-43(35-20-11-4-12-21-35)48-44(31-38)40-22-13-23-46-47(40)42-29-37(25-27-45(42)49-46)36-24-26-39(33-16-7-2-8-17-33)41(28-36)34-18-9-3-10-19-34/h1-31H. The highest BCUT2D eigenvalue weighted by Gasteiger charge is 2.17. The summed E-state index contributed by atoms with van der Waals surface area (Å²) in [5.41, 5.74) is 15.1. The molecule has 49 heavy (non-hydrogen) atoms. The Kier molecular flexibility index (Phi) is 7.18. The van der Waals surface area contributed by atoms with Gasteiger partial charge in [-0.25, -0.2) is 4.98 Å². The molecule has 0 bridgehead atoms. The summed E-state index contributed by atoms with van der Waals surface area (Å²) in [6.07, 6.45) is 0. The van der Waals surface area contributed by atoms with Gasteiger partial charge in [0.15, 0.2) is 0 Å². The van der Waals surface area contributed by atoms with Gasteiger partial charge in [0.2, 0.25) is 0 Å². The zero-order chi connectivity index (χ0) is 32.6. The third kappa shape index (κ3) is 5.40. The van der Waals surface area contributed by atoms with Crippen LogP contribution in [0.1, 0.15) is 0 Å². The molecule has 0 atom stereocenters.